The van der Waals surface area contributed by atoms with Gasteiger partial charge in [0.1, 0.15) is 5.76 Å². The second kappa shape index (κ2) is 10.8. The smallest absolute Gasteiger partial charge is 0.152 e. The Balaban J connectivity index is 1.14. The van der Waals surface area contributed by atoms with E-state index >= 15 is 0 Å². The van der Waals surface area contributed by atoms with Crippen LogP contribution in [0.15, 0.2) is 193 Å². The van der Waals surface area contributed by atoms with Crippen molar-refractivity contribution < 1.29 is 4.74 Å². The van der Waals surface area contributed by atoms with E-state index < -0.39 is 5.41 Å². The molecule has 0 amide bonds. The van der Waals surface area contributed by atoms with Gasteiger partial charge in [0.25, 0.3) is 0 Å². The monoisotopic (exact) mass is 651 g/mol. The summed E-state index contributed by atoms with van der Waals surface area (Å²) in [6, 6.07) is 62.2. The van der Waals surface area contributed by atoms with Gasteiger partial charge in [-0.2, -0.15) is 0 Å². The first-order valence-electron chi connectivity index (χ1n) is 17.9. The highest BCUT2D eigenvalue weighted by Gasteiger charge is 2.51. The minimum atomic E-state index is -0.403. The van der Waals surface area contributed by atoms with Crippen LogP contribution in [0.4, 0.5) is 11.4 Å². The zero-order chi connectivity index (χ0) is 33.5. The van der Waals surface area contributed by atoms with Crippen LogP contribution in [-0.2, 0) is 5.41 Å². The Morgan fingerprint density at radius 2 is 1.10 bits per heavy atom. The highest BCUT2D eigenvalue weighted by Crippen LogP contribution is 2.63. The summed E-state index contributed by atoms with van der Waals surface area (Å²) in [5.74, 6) is 2.02. The lowest BCUT2D eigenvalue weighted by molar-refractivity contribution is 0.414. The van der Waals surface area contributed by atoms with Crippen molar-refractivity contribution in [2.45, 2.75) is 17.8 Å². The minimum absolute atomic E-state index is 0.245. The molecule has 2 nitrogen and oxygen atoms in total. The molecule has 240 valence electrons. The molecule has 1 spiro atoms. The lowest BCUT2D eigenvalue weighted by atomic mass is 9.70. The molecule has 1 unspecified atom stereocenters. The summed E-state index contributed by atoms with van der Waals surface area (Å²) < 4.78 is 6.88. The lowest BCUT2D eigenvalue weighted by Gasteiger charge is -2.38. The van der Waals surface area contributed by atoms with Crippen molar-refractivity contribution in [3.63, 3.8) is 0 Å². The summed E-state index contributed by atoms with van der Waals surface area (Å²) in [7, 11) is 0. The van der Waals surface area contributed by atoms with Gasteiger partial charge in [0, 0.05) is 11.6 Å². The Morgan fingerprint density at radius 3 is 1.76 bits per heavy atom. The first-order valence-corrected chi connectivity index (χ1v) is 17.9. The molecule has 0 aromatic heterocycles. The van der Waals surface area contributed by atoms with Gasteiger partial charge in [0.15, 0.2) is 5.75 Å². The molecule has 0 N–H and O–H groups in total. The SMILES string of the molecule is C1=C2Oc3cc(-c4ccccc4)ccc3N(c3ccc4c(c3)C3(c5ccccc5-c5ccccc53)c3ccccc3-4)C2=CCC1c1ccccc1. The highest BCUT2D eigenvalue weighted by atomic mass is 16.5. The molecular formula is C49H33NO. The van der Waals surface area contributed by atoms with E-state index in [2.05, 4.69) is 187 Å². The van der Waals surface area contributed by atoms with Gasteiger partial charge < -0.3 is 9.64 Å². The maximum absolute atomic E-state index is 6.88. The molecule has 2 heteroatoms. The molecular weight excluding hydrogens is 619 g/mol. The standard InChI is InChI=1S/C49H33NO/c1-3-13-32(14-4-1)34-23-27-45-47(29-34)51-48-30-35(33-15-5-2-6-16-33)24-28-46(48)50(45)36-25-26-40-39-19-9-12-22-43(39)49(44(40)31-36)41-20-10-7-17-37(41)38-18-8-11-21-42(38)49/h1-23,25-31,35H,24H2. The van der Waals surface area contributed by atoms with E-state index in [1.165, 1.54) is 55.6 Å². The van der Waals surface area contributed by atoms with Crippen LogP contribution in [0.5, 0.6) is 5.75 Å². The topological polar surface area (TPSA) is 12.5 Å². The lowest BCUT2D eigenvalue weighted by Crippen LogP contribution is -2.29. The summed E-state index contributed by atoms with van der Waals surface area (Å²) in [4.78, 5) is 2.43. The van der Waals surface area contributed by atoms with Crippen LogP contribution in [-0.4, -0.2) is 0 Å². The first kappa shape index (κ1) is 28.5. The predicted molar refractivity (Wildman–Crippen MR) is 207 cm³/mol. The average molecular weight is 652 g/mol. The molecule has 1 heterocycles. The van der Waals surface area contributed by atoms with Crippen LogP contribution in [0.25, 0.3) is 33.4 Å². The van der Waals surface area contributed by atoms with Crippen molar-refractivity contribution in [1.29, 1.82) is 0 Å². The first-order chi connectivity index (χ1) is 25.3. The van der Waals surface area contributed by atoms with Crippen LogP contribution >= 0.6 is 0 Å². The largest absolute Gasteiger partial charge is 0.453 e. The van der Waals surface area contributed by atoms with E-state index in [1.807, 2.05) is 0 Å². The Morgan fingerprint density at radius 1 is 0.510 bits per heavy atom. The normalized spacial score (nSPS) is 16.9. The average Bonchev–Trinajstić information content (AvgIpc) is 3.67. The van der Waals surface area contributed by atoms with Crippen LogP contribution in [0, 0.1) is 0 Å². The van der Waals surface area contributed by atoms with Gasteiger partial charge in [-0.3, -0.25) is 0 Å². The molecule has 7 aromatic rings. The molecule has 0 saturated heterocycles. The number of fused-ring (bicyclic) bond motifs is 12. The number of benzene rings is 7. The Kier molecular flexibility index (Phi) is 6.03. The zero-order valence-electron chi connectivity index (χ0n) is 28.0. The molecule has 3 aliphatic carbocycles. The molecule has 0 radical (unpaired) electrons. The molecule has 7 aromatic carbocycles. The van der Waals surface area contributed by atoms with Gasteiger partial charge in [-0.1, -0.05) is 152 Å². The molecule has 51 heavy (non-hydrogen) atoms. The third-order valence-corrected chi connectivity index (χ3v) is 11.4. The third kappa shape index (κ3) is 3.99. The molecule has 11 rings (SSSR count). The third-order valence-electron chi connectivity index (χ3n) is 11.4. The number of hydrogen-bond donors (Lipinski definition) is 0. The summed E-state index contributed by atoms with van der Waals surface area (Å²) in [6.07, 6.45) is 5.60. The van der Waals surface area contributed by atoms with Gasteiger partial charge in [-0.05, 0) is 98.0 Å². The maximum atomic E-state index is 6.88. The number of allylic oxidation sites excluding steroid dienone is 2. The van der Waals surface area contributed by atoms with Crippen molar-refractivity contribution >= 4 is 11.4 Å². The van der Waals surface area contributed by atoms with Crippen molar-refractivity contribution in [3.8, 4) is 39.1 Å². The summed E-state index contributed by atoms with van der Waals surface area (Å²) in [6.45, 7) is 0. The van der Waals surface area contributed by atoms with Crippen molar-refractivity contribution in [2.75, 3.05) is 4.90 Å². The van der Waals surface area contributed by atoms with E-state index in [9.17, 15) is 0 Å². The van der Waals surface area contributed by atoms with Crippen LogP contribution in [0.1, 0.15) is 40.2 Å². The highest BCUT2D eigenvalue weighted by molar-refractivity contribution is 5.96. The molecule has 0 bridgehead atoms. The van der Waals surface area contributed by atoms with E-state index in [0.717, 1.165) is 40.6 Å². The fourth-order valence-corrected chi connectivity index (χ4v) is 9.23. The molecule has 0 fully saturated rings. The van der Waals surface area contributed by atoms with Crippen LogP contribution in [0.2, 0.25) is 0 Å². The van der Waals surface area contributed by atoms with Crippen LogP contribution in [0.3, 0.4) is 0 Å². The Bertz CT molecular complexity index is 2530. The van der Waals surface area contributed by atoms with Crippen molar-refractivity contribution in [2.24, 2.45) is 0 Å². The quantitative estimate of drug-likeness (QED) is 0.188. The molecule has 0 saturated carbocycles. The number of nitrogens with zero attached hydrogens (tertiary/aromatic N) is 1. The van der Waals surface area contributed by atoms with Crippen LogP contribution < -0.4 is 9.64 Å². The fourth-order valence-electron chi connectivity index (χ4n) is 9.23. The fraction of sp³-hybridized carbons (Fsp3) is 0.0612. The van der Waals surface area contributed by atoms with Gasteiger partial charge in [0.2, 0.25) is 0 Å². The summed E-state index contributed by atoms with van der Waals surface area (Å²) in [5, 5.41) is 0. The van der Waals surface area contributed by atoms with E-state index in [1.54, 1.807) is 0 Å². The van der Waals surface area contributed by atoms with Gasteiger partial charge in [0.05, 0.1) is 16.8 Å². The number of anilines is 2. The van der Waals surface area contributed by atoms with Gasteiger partial charge in [-0.25, -0.2) is 0 Å². The van der Waals surface area contributed by atoms with Gasteiger partial charge >= 0.3 is 0 Å². The second-order valence-corrected chi connectivity index (χ2v) is 14.0. The molecule has 4 aliphatic rings. The number of hydrogen-bond acceptors (Lipinski definition) is 2. The summed E-state index contributed by atoms with van der Waals surface area (Å²) >= 11 is 0. The number of ether oxygens (including phenoxy) is 1. The maximum Gasteiger partial charge on any atom is 0.152 e. The van der Waals surface area contributed by atoms with Gasteiger partial charge in [-0.15, -0.1) is 0 Å². The summed E-state index contributed by atoms with van der Waals surface area (Å²) in [5.41, 5.74) is 17.1. The van der Waals surface area contributed by atoms with Crippen molar-refractivity contribution in [1.82, 2.24) is 0 Å². The van der Waals surface area contributed by atoms with Crippen molar-refractivity contribution in [3.05, 3.63) is 221 Å². The molecule has 1 atom stereocenters. The van der Waals surface area contributed by atoms with E-state index in [-0.39, 0.29) is 5.92 Å². The van der Waals surface area contributed by atoms with E-state index in [4.69, 9.17) is 4.74 Å². The Labute approximate surface area is 298 Å². The van der Waals surface area contributed by atoms with E-state index in [0.29, 0.717) is 0 Å². The number of rotatable bonds is 3. The minimum Gasteiger partial charge on any atom is -0.453 e. The molecule has 1 aliphatic heterocycles. The predicted octanol–water partition coefficient (Wildman–Crippen LogP) is 12.2. The zero-order valence-corrected chi connectivity index (χ0v) is 28.0. The Hall–Kier alpha value is -6.38. The second-order valence-electron chi connectivity index (χ2n) is 14.0.